The third-order valence-corrected chi connectivity index (χ3v) is 2.63. The van der Waals surface area contributed by atoms with Gasteiger partial charge in [0.15, 0.2) is 0 Å². The number of ether oxygens (including phenoxy) is 1. The first-order valence-corrected chi connectivity index (χ1v) is 5.15. The molecule has 1 aliphatic heterocycles. The lowest BCUT2D eigenvalue weighted by Crippen LogP contribution is -2.48. The summed E-state index contributed by atoms with van der Waals surface area (Å²) >= 11 is 0. The lowest BCUT2D eigenvalue weighted by Gasteiger charge is -2.27. The van der Waals surface area contributed by atoms with E-state index in [1.165, 1.54) is 0 Å². The van der Waals surface area contributed by atoms with E-state index in [4.69, 9.17) is 4.74 Å². The van der Waals surface area contributed by atoms with Gasteiger partial charge in [0.05, 0.1) is 18.3 Å². The van der Waals surface area contributed by atoms with Gasteiger partial charge in [-0.05, 0) is 12.1 Å². The maximum atomic E-state index is 13.4. The fourth-order valence-electron chi connectivity index (χ4n) is 1.55. The van der Waals surface area contributed by atoms with E-state index in [-0.39, 0.29) is 25.1 Å². The number of hydrogen-bond acceptors (Lipinski definition) is 2. The van der Waals surface area contributed by atoms with Crippen LogP contribution in [0.4, 0.5) is 17.6 Å². The lowest BCUT2D eigenvalue weighted by atomic mass is 10.1. The summed E-state index contributed by atoms with van der Waals surface area (Å²) in [5.41, 5.74) is -1.39. The Morgan fingerprint density at radius 2 is 1.94 bits per heavy atom. The molecule has 1 heterocycles. The van der Waals surface area contributed by atoms with E-state index < -0.39 is 23.1 Å². The van der Waals surface area contributed by atoms with Crippen molar-refractivity contribution >= 4 is 12.4 Å². The first-order valence-electron chi connectivity index (χ1n) is 5.15. The molecule has 0 spiro atoms. The lowest BCUT2D eigenvalue weighted by molar-refractivity contribution is -0.139. The zero-order chi connectivity index (χ0) is 12.5. The van der Waals surface area contributed by atoms with Gasteiger partial charge < -0.3 is 10.1 Å². The Kier molecular flexibility index (Phi) is 4.95. The zero-order valence-corrected chi connectivity index (χ0v) is 10.1. The summed E-state index contributed by atoms with van der Waals surface area (Å²) < 4.78 is 56.4. The predicted octanol–water partition coefficient (Wildman–Crippen LogP) is 2.75. The Hall–Kier alpha value is -0.850. The summed E-state index contributed by atoms with van der Waals surface area (Å²) in [6, 6.07) is 2.92. The van der Waals surface area contributed by atoms with E-state index >= 15 is 0 Å². The summed E-state index contributed by atoms with van der Waals surface area (Å²) in [6.07, 6.45) is -4.69. The van der Waals surface area contributed by atoms with Crippen LogP contribution in [0.5, 0.6) is 0 Å². The molecule has 7 heteroatoms. The number of rotatable bonds is 3. The van der Waals surface area contributed by atoms with Crippen molar-refractivity contribution in [3.8, 4) is 0 Å². The number of alkyl halides is 3. The monoisotopic (exact) mass is 285 g/mol. The maximum absolute atomic E-state index is 13.4. The fraction of sp³-hybridized carbons (Fsp3) is 0.455. The summed E-state index contributed by atoms with van der Waals surface area (Å²) in [6.45, 7) is 0.833. The molecule has 1 aromatic rings. The smallest absolute Gasteiger partial charge is 0.371 e. The minimum atomic E-state index is -4.56. The van der Waals surface area contributed by atoms with E-state index in [0.29, 0.717) is 13.1 Å². The van der Waals surface area contributed by atoms with Gasteiger partial charge in [-0.2, -0.15) is 13.2 Å². The molecule has 1 N–H and O–H groups in total. The second kappa shape index (κ2) is 5.86. The fourth-order valence-corrected chi connectivity index (χ4v) is 1.55. The first kappa shape index (κ1) is 15.2. The van der Waals surface area contributed by atoms with Crippen molar-refractivity contribution in [1.82, 2.24) is 5.32 Å². The molecule has 0 aliphatic carbocycles. The van der Waals surface area contributed by atoms with Crippen LogP contribution in [-0.4, -0.2) is 19.2 Å². The molecule has 0 bridgehead atoms. The quantitative estimate of drug-likeness (QED) is 0.862. The Morgan fingerprint density at radius 1 is 1.28 bits per heavy atom. The normalized spacial score (nSPS) is 16.0. The van der Waals surface area contributed by atoms with Crippen molar-refractivity contribution in [2.45, 2.75) is 18.9 Å². The highest BCUT2D eigenvalue weighted by Crippen LogP contribution is 2.33. The molecule has 1 aliphatic rings. The van der Waals surface area contributed by atoms with Gasteiger partial charge >= 0.3 is 6.18 Å². The third-order valence-electron chi connectivity index (χ3n) is 2.63. The number of benzene rings is 1. The second-order valence-electron chi connectivity index (χ2n) is 3.85. The summed E-state index contributed by atoms with van der Waals surface area (Å²) in [5.74, 6) is -0.882. The summed E-state index contributed by atoms with van der Waals surface area (Å²) in [5, 5.41) is 2.92. The minimum Gasteiger partial charge on any atom is -0.371 e. The van der Waals surface area contributed by atoms with E-state index in [0.717, 1.165) is 18.2 Å². The highest BCUT2D eigenvalue weighted by Gasteiger charge is 2.34. The number of halogens is 5. The van der Waals surface area contributed by atoms with Crippen LogP contribution in [0.1, 0.15) is 11.1 Å². The van der Waals surface area contributed by atoms with Crippen molar-refractivity contribution < 1.29 is 22.3 Å². The first-order chi connectivity index (χ1) is 7.98. The predicted molar refractivity (Wildman–Crippen MR) is 60.1 cm³/mol. The molecular formula is C11H12ClF4NO. The van der Waals surface area contributed by atoms with Crippen LogP contribution in [0.3, 0.4) is 0 Å². The van der Waals surface area contributed by atoms with Gasteiger partial charge in [-0.15, -0.1) is 12.4 Å². The van der Waals surface area contributed by atoms with Gasteiger partial charge in [0.1, 0.15) is 5.82 Å². The van der Waals surface area contributed by atoms with Gasteiger partial charge in [-0.25, -0.2) is 4.39 Å². The van der Waals surface area contributed by atoms with Crippen molar-refractivity contribution in [3.63, 3.8) is 0 Å². The third kappa shape index (κ3) is 3.34. The molecule has 1 saturated heterocycles. The molecule has 0 unspecified atom stereocenters. The molecular weight excluding hydrogens is 274 g/mol. The summed E-state index contributed by atoms with van der Waals surface area (Å²) in [7, 11) is 0. The molecule has 102 valence electrons. The molecule has 1 fully saturated rings. The molecule has 2 rings (SSSR count). The van der Waals surface area contributed by atoms with E-state index in [9.17, 15) is 17.6 Å². The molecule has 1 aromatic carbocycles. The van der Waals surface area contributed by atoms with Gasteiger partial charge in [0, 0.05) is 18.7 Å². The van der Waals surface area contributed by atoms with Crippen molar-refractivity contribution in [2.75, 3.05) is 13.1 Å². The summed E-state index contributed by atoms with van der Waals surface area (Å²) in [4.78, 5) is 0. The second-order valence-corrected chi connectivity index (χ2v) is 3.85. The Bertz CT molecular complexity index is 407. The molecule has 18 heavy (non-hydrogen) atoms. The Balaban J connectivity index is 0.00000162. The van der Waals surface area contributed by atoms with Crippen molar-refractivity contribution in [3.05, 3.63) is 35.1 Å². The topological polar surface area (TPSA) is 21.3 Å². The van der Waals surface area contributed by atoms with Crippen molar-refractivity contribution in [2.24, 2.45) is 0 Å². The molecule has 0 amide bonds. The van der Waals surface area contributed by atoms with Crippen LogP contribution in [0.25, 0.3) is 0 Å². The average Bonchev–Trinajstić information content (AvgIpc) is 2.16. The SMILES string of the molecule is Cl.Fc1cccc(C(F)(F)F)c1COC1CNC1. The number of hydrogen-bond donors (Lipinski definition) is 1. The Labute approximate surface area is 108 Å². The van der Waals surface area contributed by atoms with Crippen LogP contribution in [0.15, 0.2) is 18.2 Å². The average molecular weight is 286 g/mol. The molecule has 0 atom stereocenters. The molecule has 0 saturated carbocycles. The van der Waals surface area contributed by atoms with E-state index in [1.54, 1.807) is 0 Å². The molecule has 0 aromatic heterocycles. The van der Waals surface area contributed by atoms with E-state index in [1.807, 2.05) is 0 Å². The standard InChI is InChI=1S/C11H11F4NO.ClH/c12-10-3-1-2-9(11(13,14)15)8(10)6-17-7-4-16-5-7;/h1-3,7,16H,4-6H2;1H. The van der Waals surface area contributed by atoms with Gasteiger partial charge in [-0.1, -0.05) is 6.07 Å². The maximum Gasteiger partial charge on any atom is 0.416 e. The van der Waals surface area contributed by atoms with Crippen LogP contribution >= 0.6 is 12.4 Å². The highest BCUT2D eigenvalue weighted by atomic mass is 35.5. The molecule has 2 nitrogen and oxygen atoms in total. The zero-order valence-electron chi connectivity index (χ0n) is 9.26. The van der Waals surface area contributed by atoms with Crippen LogP contribution < -0.4 is 5.32 Å². The largest absolute Gasteiger partial charge is 0.416 e. The van der Waals surface area contributed by atoms with Gasteiger partial charge in [-0.3, -0.25) is 0 Å². The van der Waals surface area contributed by atoms with Crippen molar-refractivity contribution in [1.29, 1.82) is 0 Å². The van der Waals surface area contributed by atoms with Gasteiger partial charge in [0.2, 0.25) is 0 Å². The number of nitrogens with one attached hydrogen (secondary N) is 1. The Morgan fingerprint density at radius 3 is 2.44 bits per heavy atom. The van der Waals surface area contributed by atoms with Crippen LogP contribution in [0, 0.1) is 5.82 Å². The van der Waals surface area contributed by atoms with Crippen LogP contribution in [0.2, 0.25) is 0 Å². The van der Waals surface area contributed by atoms with Gasteiger partial charge in [0.25, 0.3) is 0 Å². The highest BCUT2D eigenvalue weighted by molar-refractivity contribution is 5.85. The molecule has 0 radical (unpaired) electrons. The minimum absolute atomic E-state index is 0. The van der Waals surface area contributed by atoms with E-state index in [2.05, 4.69) is 5.32 Å². The van der Waals surface area contributed by atoms with Crippen LogP contribution in [-0.2, 0) is 17.5 Å².